The van der Waals surface area contributed by atoms with Gasteiger partial charge in [0.1, 0.15) is 11.7 Å². The Labute approximate surface area is 133 Å². The van der Waals surface area contributed by atoms with Gasteiger partial charge in [-0.15, -0.1) is 0 Å². The summed E-state index contributed by atoms with van der Waals surface area (Å²) in [6, 6.07) is 1.71. The molecule has 21 heavy (non-hydrogen) atoms. The van der Waals surface area contributed by atoms with Crippen LogP contribution in [-0.2, 0) is 4.79 Å². The maximum absolute atomic E-state index is 12.4. The van der Waals surface area contributed by atoms with Crippen LogP contribution in [0.4, 0.5) is 0 Å². The number of amides is 2. The van der Waals surface area contributed by atoms with E-state index in [0.717, 1.165) is 17.3 Å². The lowest BCUT2D eigenvalue weighted by atomic mass is 10.2. The van der Waals surface area contributed by atoms with E-state index >= 15 is 0 Å². The van der Waals surface area contributed by atoms with Crippen molar-refractivity contribution in [2.24, 2.45) is 0 Å². The lowest BCUT2D eigenvalue weighted by Crippen LogP contribution is -2.47. The average molecular weight is 356 g/mol. The lowest BCUT2D eigenvalue weighted by molar-refractivity contribution is -0.132. The predicted molar refractivity (Wildman–Crippen MR) is 85.3 cm³/mol. The highest BCUT2D eigenvalue weighted by molar-refractivity contribution is 9.10. The number of carbonyl (C=O) groups is 2. The van der Waals surface area contributed by atoms with E-state index in [1.165, 1.54) is 0 Å². The molecular formula is C15H22BrN3O2. The number of hydrogen-bond donors (Lipinski definition) is 1. The van der Waals surface area contributed by atoms with Gasteiger partial charge in [-0.05, 0) is 55.6 Å². The molecule has 0 aromatic carbocycles. The molecule has 1 atom stereocenters. The monoisotopic (exact) mass is 355 g/mol. The van der Waals surface area contributed by atoms with Crippen molar-refractivity contribution < 1.29 is 9.59 Å². The minimum Gasteiger partial charge on any atom is -0.341 e. The van der Waals surface area contributed by atoms with E-state index in [1.807, 2.05) is 30.7 Å². The minimum atomic E-state index is -0.515. The standard InChI is InChI=1S/C15H22BrN3O2/c1-4-18(5-2)15(21)10(3)17-14(20)13-8-11(16)9-19(13)12-6-7-12/h8-10,12H,4-7H2,1-3H3,(H,17,20). The summed E-state index contributed by atoms with van der Waals surface area (Å²) in [7, 11) is 0. The normalized spacial score (nSPS) is 15.6. The van der Waals surface area contributed by atoms with Crippen molar-refractivity contribution in [3.63, 3.8) is 0 Å². The SMILES string of the molecule is CCN(CC)C(=O)C(C)NC(=O)c1cc(Br)cn1C1CC1. The van der Waals surface area contributed by atoms with Crippen LogP contribution < -0.4 is 5.32 Å². The van der Waals surface area contributed by atoms with Crippen molar-refractivity contribution in [1.82, 2.24) is 14.8 Å². The van der Waals surface area contributed by atoms with Crippen LogP contribution >= 0.6 is 15.9 Å². The molecule has 0 saturated heterocycles. The van der Waals surface area contributed by atoms with E-state index in [-0.39, 0.29) is 11.8 Å². The summed E-state index contributed by atoms with van der Waals surface area (Å²) in [5.41, 5.74) is 0.614. The van der Waals surface area contributed by atoms with Crippen LogP contribution in [0.1, 0.15) is 50.1 Å². The van der Waals surface area contributed by atoms with Gasteiger partial charge in [0.2, 0.25) is 5.91 Å². The first-order valence-electron chi connectivity index (χ1n) is 7.44. The molecule has 2 rings (SSSR count). The second-order valence-electron chi connectivity index (χ2n) is 5.39. The topological polar surface area (TPSA) is 54.3 Å². The zero-order chi connectivity index (χ0) is 15.6. The maximum atomic E-state index is 12.4. The summed E-state index contributed by atoms with van der Waals surface area (Å²) in [5.74, 6) is -0.238. The molecule has 0 radical (unpaired) electrons. The summed E-state index contributed by atoms with van der Waals surface area (Å²) in [6.07, 6.45) is 4.15. The number of aromatic nitrogens is 1. The highest BCUT2D eigenvalue weighted by Crippen LogP contribution is 2.37. The lowest BCUT2D eigenvalue weighted by Gasteiger charge is -2.23. The molecule has 116 valence electrons. The molecule has 1 saturated carbocycles. The number of halogens is 1. The second kappa shape index (κ2) is 6.64. The molecule has 1 aromatic heterocycles. The van der Waals surface area contributed by atoms with Crippen LogP contribution in [0.5, 0.6) is 0 Å². The Morgan fingerprint density at radius 3 is 2.57 bits per heavy atom. The van der Waals surface area contributed by atoms with Crippen molar-refractivity contribution in [3.05, 3.63) is 22.4 Å². The van der Waals surface area contributed by atoms with Crippen molar-refractivity contribution in [2.45, 2.75) is 45.7 Å². The Hall–Kier alpha value is -1.30. The van der Waals surface area contributed by atoms with Gasteiger partial charge >= 0.3 is 0 Å². The summed E-state index contributed by atoms with van der Waals surface area (Å²) in [4.78, 5) is 26.3. The van der Waals surface area contributed by atoms with E-state index in [0.29, 0.717) is 24.8 Å². The van der Waals surface area contributed by atoms with Gasteiger partial charge in [0.15, 0.2) is 0 Å². The molecule has 1 aliphatic carbocycles. The van der Waals surface area contributed by atoms with Gasteiger partial charge in [-0.1, -0.05) is 0 Å². The average Bonchev–Trinajstić information content (AvgIpc) is 3.22. The molecule has 2 amide bonds. The second-order valence-corrected chi connectivity index (χ2v) is 6.30. The largest absolute Gasteiger partial charge is 0.341 e. The van der Waals surface area contributed by atoms with Gasteiger partial charge in [0.05, 0.1) is 0 Å². The molecule has 1 unspecified atom stereocenters. The van der Waals surface area contributed by atoms with Crippen molar-refractivity contribution in [3.8, 4) is 0 Å². The van der Waals surface area contributed by atoms with Gasteiger partial charge in [-0.2, -0.15) is 0 Å². The zero-order valence-electron chi connectivity index (χ0n) is 12.7. The highest BCUT2D eigenvalue weighted by atomic mass is 79.9. The molecule has 0 aliphatic heterocycles. The summed E-state index contributed by atoms with van der Waals surface area (Å²) < 4.78 is 2.89. The Kier molecular flexibility index (Phi) is 5.08. The van der Waals surface area contributed by atoms with Crippen LogP contribution in [0.15, 0.2) is 16.7 Å². The van der Waals surface area contributed by atoms with E-state index in [1.54, 1.807) is 11.8 Å². The van der Waals surface area contributed by atoms with Gasteiger partial charge in [-0.25, -0.2) is 0 Å². The molecule has 0 bridgehead atoms. The van der Waals surface area contributed by atoms with Crippen molar-refractivity contribution in [1.29, 1.82) is 0 Å². The quantitative estimate of drug-likeness (QED) is 0.852. The maximum Gasteiger partial charge on any atom is 0.268 e. The van der Waals surface area contributed by atoms with E-state index in [4.69, 9.17) is 0 Å². The van der Waals surface area contributed by atoms with Gasteiger partial charge < -0.3 is 14.8 Å². The fourth-order valence-corrected chi connectivity index (χ4v) is 2.86. The Morgan fingerprint density at radius 2 is 2.05 bits per heavy atom. The first-order valence-corrected chi connectivity index (χ1v) is 8.24. The molecule has 1 N–H and O–H groups in total. The number of rotatable bonds is 6. The fraction of sp³-hybridized carbons (Fsp3) is 0.600. The third kappa shape index (κ3) is 3.67. The third-order valence-electron chi connectivity index (χ3n) is 3.78. The molecule has 5 nitrogen and oxygen atoms in total. The first-order chi connectivity index (χ1) is 9.97. The zero-order valence-corrected chi connectivity index (χ0v) is 14.3. The van der Waals surface area contributed by atoms with Crippen molar-refractivity contribution >= 4 is 27.7 Å². The molecular weight excluding hydrogens is 334 g/mol. The van der Waals surface area contributed by atoms with Crippen molar-refractivity contribution in [2.75, 3.05) is 13.1 Å². The van der Waals surface area contributed by atoms with E-state index in [2.05, 4.69) is 21.2 Å². The van der Waals surface area contributed by atoms with Crippen LogP contribution in [0.3, 0.4) is 0 Å². The molecule has 0 spiro atoms. The minimum absolute atomic E-state index is 0.0445. The molecule has 1 fully saturated rings. The summed E-state index contributed by atoms with van der Waals surface area (Å²) >= 11 is 3.41. The molecule has 6 heteroatoms. The molecule has 1 aromatic rings. The number of nitrogens with one attached hydrogen (secondary N) is 1. The van der Waals surface area contributed by atoms with Crippen LogP contribution in [0.2, 0.25) is 0 Å². The first kappa shape index (κ1) is 16.1. The Balaban J connectivity index is 2.05. The number of likely N-dealkylation sites (N-methyl/N-ethyl adjacent to an activating group) is 1. The van der Waals surface area contributed by atoms with Crippen LogP contribution in [-0.4, -0.2) is 40.4 Å². The molecule has 1 heterocycles. The van der Waals surface area contributed by atoms with Gasteiger partial charge in [0.25, 0.3) is 5.91 Å². The van der Waals surface area contributed by atoms with E-state index < -0.39 is 6.04 Å². The van der Waals surface area contributed by atoms with Gasteiger partial charge in [-0.3, -0.25) is 9.59 Å². The number of carbonyl (C=O) groups excluding carboxylic acids is 2. The predicted octanol–water partition coefficient (Wildman–Crippen LogP) is 2.57. The summed E-state index contributed by atoms with van der Waals surface area (Å²) in [5, 5.41) is 2.81. The van der Waals surface area contributed by atoms with Crippen LogP contribution in [0.25, 0.3) is 0 Å². The number of hydrogen-bond acceptors (Lipinski definition) is 2. The van der Waals surface area contributed by atoms with Crippen LogP contribution in [0, 0.1) is 0 Å². The van der Waals surface area contributed by atoms with Gasteiger partial charge in [0, 0.05) is 29.8 Å². The Bertz CT molecular complexity index is 533. The third-order valence-corrected chi connectivity index (χ3v) is 4.21. The smallest absolute Gasteiger partial charge is 0.268 e. The molecule has 1 aliphatic rings. The van der Waals surface area contributed by atoms with E-state index in [9.17, 15) is 9.59 Å². The number of nitrogens with zero attached hydrogens (tertiary/aromatic N) is 2. The Morgan fingerprint density at radius 1 is 1.43 bits per heavy atom. The highest BCUT2D eigenvalue weighted by Gasteiger charge is 2.29. The fourth-order valence-electron chi connectivity index (χ4n) is 2.42. The summed E-state index contributed by atoms with van der Waals surface area (Å²) in [6.45, 7) is 6.91.